The first-order valence-corrected chi connectivity index (χ1v) is 13.0. The first-order chi connectivity index (χ1) is 19.6. The minimum Gasteiger partial charge on any atom is -0.483 e. The van der Waals surface area contributed by atoms with E-state index in [2.05, 4.69) is 4.98 Å². The maximum absolute atomic E-state index is 15.5. The fraction of sp³-hybridized carbons (Fsp3) is 0.310. The van der Waals surface area contributed by atoms with Gasteiger partial charge in [0.25, 0.3) is 12.4 Å². The number of carboxylic acid groups (broad SMARTS) is 1. The van der Waals surface area contributed by atoms with Crippen LogP contribution in [0.4, 0.5) is 13.2 Å². The number of benzene rings is 2. The lowest BCUT2D eigenvalue weighted by Gasteiger charge is -2.24. The van der Waals surface area contributed by atoms with Crippen molar-refractivity contribution in [2.75, 3.05) is 7.05 Å². The minimum absolute atomic E-state index is 0.0467. The lowest BCUT2D eigenvalue weighted by atomic mass is 9.97. The highest BCUT2D eigenvalue weighted by molar-refractivity contribution is 5.98. The molecule has 1 amide bonds. The number of hydrogen-bond acceptors (Lipinski definition) is 6. The van der Waals surface area contributed by atoms with Crippen LogP contribution in [0.5, 0.6) is 5.75 Å². The Hall–Kier alpha value is -4.45. The zero-order chi connectivity index (χ0) is 29.2. The Morgan fingerprint density at radius 1 is 1.22 bits per heavy atom. The molecule has 3 aliphatic rings. The van der Waals surface area contributed by atoms with Gasteiger partial charge >= 0.3 is 6.61 Å². The molecule has 0 saturated heterocycles. The van der Waals surface area contributed by atoms with Gasteiger partial charge in [0.2, 0.25) is 0 Å². The van der Waals surface area contributed by atoms with Crippen molar-refractivity contribution in [2.45, 2.75) is 50.4 Å². The SMILES string of the molecule is CN1C(=O)c2cccc(OC(F)F)c2[C@H]2C[C@@H]1c1nc3cc(F)c(-c4cnc5c(c4)CCC5(C)N)cc3n12.O=CO. The predicted octanol–water partition coefficient (Wildman–Crippen LogP) is 4.78. The van der Waals surface area contributed by atoms with E-state index in [0.717, 1.165) is 24.1 Å². The van der Waals surface area contributed by atoms with Gasteiger partial charge in [-0.25, -0.2) is 9.37 Å². The fourth-order valence-corrected chi connectivity index (χ4v) is 6.40. The molecule has 12 heteroatoms. The Morgan fingerprint density at radius 2 is 1.98 bits per heavy atom. The van der Waals surface area contributed by atoms with E-state index in [1.807, 2.05) is 17.6 Å². The van der Waals surface area contributed by atoms with Crippen LogP contribution in [0.1, 0.15) is 64.9 Å². The van der Waals surface area contributed by atoms with Crippen LogP contribution >= 0.6 is 0 Å². The number of alkyl halides is 2. The summed E-state index contributed by atoms with van der Waals surface area (Å²) in [5.41, 5.74) is 10.4. The molecule has 4 aromatic rings. The van der Waals surface area contributed by atoms with Crippen LogP contribution in [-0.2, 0) is 16.8 Å². The minimum atomic E-state index is -3.04. The van der Waals surface area contributed by atoms with Crippen LogP contribution in [0.3, 0.4) is 0 Å². The normalized spacial score (nSPS) is 22.1. The third-order valence-corrected chi connectivity index (χ3v) is 8.23. The molecule has 0 spiro atoms. The largest absolute Gasteiger partial charge is 0.483 e. The average molecular weight is 566 g/mol. The Morgan fingerprint density at radius 3 is 2.71 bits per heavy atom. The smallest absolute Gasteiger partial charge is 0.387 e. The number of aryl methyl sites for hydroxylation is 1. The number of halogens is 3. The first-order valence-electron chi connectivity index (χ1n) is 13.0. The van der Waals surface area contributed by atoms with Crippen molar-refractivity contribution in [2.24, 2.45) is 5.73 Å². The molecule has 2 aromatic carbocycles. The molecular weight excluding hydrogens is 539 g/mol. The molecule has 0 saturated carbocycles. The summed E-state index contributed by atoms with van der Waals surface area (Å²) < 4.78 is 48.9. The summed E-state index contributed by atoms with van der Waals surface area (Å²) in [5, 5.41) is 6.89. The summed E-state index contributed by atoms with van der Waals surface area (Å²) in [4.78, 5) is 32.5. The third kappa shape index (κ3) is 4.12. The van der Waals surface area contributed by atoms with Gasteiger partial charge in [-0.3, -0.25) is 14.6 Å². The highest BCUT2D eigenvalue weighted by Gasteiger charge is 2.45. The lowest BCUT2D eigenvalue weighted by Crippen LogP contribution is -2.30. The Balaban J connectivity index is 0.000000967. The highest BCUT2D eigenvalue weighted by Crippen LogP contribution is 2.50. The van der Waals surface area contributed by atoms with Crippen LogP contribution < -0.4 is 10.5 Å². The second-order valence-electron chi connectivity index (χ2n) is 10.7. The molecule has 212 valence electrons. The molecule has 3 atom stereocenters. The van der Waals surface area contributed by atoms with Gasteiger partial charge in [0, 0.05) is 48.0 Å². The Labute approximate surface area is 232 Å². The van der Waals surface area contributed by atoms with Crippen LogP contribution in [0.2, 0.25) is 0 Å². The maximum Gasteiger partial charge on any atom is 0.387 e. The average Bonchev–Trinajstić information content (AvgIpc) is 3.54. The molecule has 2 aliphatic heterocycles. The molecule has 0 fully saturated rings. The van der Waals surface area contributed by atoms with Crippen LogP contribution in [0.25, 0.3) is 22.2 Å². The summed E-state index contributed by atoms with van der Waals surface area (Å²) in [6.45, 7) is -1.35. The fourth-order valence-electron chi connectivity index (χ4n) is 6.40. The van der Waals surface area contributed by atoms with Crippen molar-refractivity contribution in [3.05, 3.63) is 76.6 Å². The number of amides is 1. The van der Waals surface area contributed by atoms with E-state index in [1.165, 1.54) is 18.2 Å². The van der Waals surface area contributed by atoms with E-state index in [4.69, 9.17) is 25.4 Å². The highest BCUT2D eigenvalue weighted by atomic mass is 19.3. The van der Waals surface area contributed by atoms with E-state index in [0.29, 0.717) is 45.5 Å². The number of hydrogen-bond donors (Lipinski definition) is 2. The van der Waals surface area contributed by atoms with Crippen molar-refractivity contribution in [1.29, 1.82) is 0 Å². The molecule has 1 unspecified atom stereocenters. The molecule has 2 aromatic heterocycles. The number of nitrogens with zero attached hydrogens (tertiary/aromatic N) is 4. The summed E-state index contributed by atoms with van der Waals surface area (Å²) in [6.07, 6.45) is 3.62. The van der Waals surface area contributed by atoms with Gasteiger partial charge in [0.05, 0.1) is 34.3 Å². The topological polar surface area (TPSA) is 124 Å². The number of rotatable bonds is 3. The molecule has 4 heterocycles. The van der Waals surface area contributed by atoms with Crippen molar-refractivity contribution in [3.63, 3.8) is 0 Å². The van der Waals surface area contributed by atoms with E-state index < -0.39 is 30.1 Å². The third-order valence-electron chi connectivity index (χ3n) is 8.23. The molecular formula is C29H26F3N5O4. The Kier molecular flexibility index (Phi) is 6.25. The molecule has 9 nitrogen and oxygen atoms in total. The number of carbonyl (C=O) groups excluding carboxylic acids is 1. The van der Waals surface area contributed by atoms with E-state index >= 15 is 4.39 Å². The molecule has 3 N–H and O–H groups in total. The van der Waals surface area contributed by atoms with Gasteiger partial charge in [-0.1, -0.05) is 6.07 Å². The zero-order valence-corrected chi connectivity index (χ0v) is 22.1. The number of aromatic nitrogens is 3. The van der Waals surface area contributed by atoms with E-state index in [1.54, 1.807) is 30.3 Å². The number of pyridine rings is 1. The van der Waals surface area contributed by atoms with Gasteiger partial charge in [0.15, 0.2) is 0 Å². The first kappa shape index (κ1) is 26.8. The second-order valence-corrected chi connectivity index (χ2v) is 10.7. The van der Waals surface area contributed by atoms with E-state index in [9.17, 15) is 13.6 Å². The lowest BCUT2D eigenvalue weighted by molar-refractivity contribution is -0.122. The summed E-state index contributed by atoms with van der Waals surface area (Å²) in [5.74, 6) is -0.206. The van der Waals surface area contributed by atoms with Crippen LogP contribution in [0, 0.1) is 5.82 Å². The quantitative estimate of drug-likeness (QED) is 0.343. The Bertz CT molecular complexity index is 1720. The van der Waals surface area contributed by atoms with Gasteiger partial charge < -0.3 is 25.0 Å². The van der Waals surface area contributed by atoms with Crippen LogP contribution in [0.15, 0.2) is 42.6 Å². The van der Waals surface area contributed by atoms with Gasteiger partial charge in [0.1, 0.15) is 17.4 Å². The monoisotopic (exact) mass is 565 g/mol. The summed E-state index contributed by atoms with van der Waals surface area (Å²) >= 11 is 0. The number of fused-ring (bicyclic) bond motifs is 10. The summed E-state index contributed by atoms with van der Waals surface area (Å²) in [6, 6.07) is 8.76. The standard InChI is InChI=1S/C28H24F3N5O2.CH2O2/c1-28(32)7-6-13-8-14(12-33-24(13)28)16-9-19-18(10-17(16)29)34-25-21-11-20(36(19)25)23-15(26(37)35(21)2)4-3-5-22(23)38-27(30)31;2-1-3/h3-5,8-10,12,20-21,27H,6-7,11,32H2,1-2H3;1H,(H,2,3)/t20-,21-,28?;/m1./s1. The van der Waals surface area contributed by atoms with Crippen molar-refractivity contribution >= 4 is 23.4 Å². The number of carbonyl (C=O) groups is 2. The second kappa shape index (κ2) is 9.58. The molecule has 7 rings (SSSR count). The molecule has 41 heavy (non-hydrogen) atoms. The zero-order valence-electron chi connectivity index (χ0n) is 22.1. The van der Waals surface area contributed by atoms with Crippen molar-refractivity contribution in [3.8, 4) is 16.9 Å². The number of nitrogens with two attached hydrogens (primary N) is 1. The van der Waals surface area contributed by atoms with Gasteiger partial charge in [-0.2, -0.15) is 8.78 Å². The van der Waals surface area contributed by atoms with Crippen LogP contribution in [-0.4, -0.2) is 50.6 Å². The van der Waals surface area contributed by atoms with E-state index in [-0.39, 0.29) is 18.1 Å². The number of ether oxygens (including phenoxy) is 1. The van der Waals surface area contributed by atoms with Crippen molar-refractivity contribution in [1.82, 2.24) is 19.4 Å². The predicted molar refractivity (Wildman–Crippen MR) is 142 cm³/mol. The van der Waals surface area contributed by atoms with Gasteiger partial charge in [-0.05, 0) is 49.6 Å². The summed E-state index contributed by atoms with van der Waals surface area (Å²) in [7, 11) is 1.67. The molecule has 1 aliphatic carbocycles. The van der Waals surface area contributed by atoms with Gasteiger partial charge in [-0.15, -0.1) is 0 Å². The molecule has 2 bridgehead atoms. The molecule has 0 radical (unpaired) electrons. The number of imidazole rings is 1. The maximum atomic E-state index is 15.5. The van der Waals surface area contributed by atoms with Crippen molar-refractivity contribution < 1.29 is 32.6 Å².